The van der Waals surface area contributed by atoms with Gasteiger partial charge in [0, 0.05) is 44.5 Å². The minimum absolute atomic E-state index is 0.0574. The van der Waals surface area contributed by atoms with Gasteiger partial charge in [0.05, 0.1) is 6.61 Å². The molecule has 0 aromatic heterocycles. The summed E-state index contributed by atoms with van der Waals surface area (Å²) in [5.41, 5.74) is 2.85. The molecule has 1 aromatic carbocycles. The van der Waals surface area contributed by atoms with Gasteiger partial charge in [-0.25, -0.2) is 4.79 Å². The van der Waals surface area contributed by atoms with E-state index in [2.05, 4.69) is 5.32 Å². The Balaban J connectivity index is 1.90. The number of carbonyl (C=O) groups excluding carboxylic acids is 2. The highest BCUT2D eigenvalue weighted by atomic mass is 16.6. The Bertz CT molecular complexity index is 593. The average Bonchev–Trinajstić information content (AvgIpc) is 2.55. The summed E-state index contributed by atoms with van der Waals surface area (Å²) in [6.45, 7) is 5.42. The van der Waals surface area contributed by atoms with Crippen molar-refractivity contribution < 1.29 is 14.3 Å². The number of benzene rings is 1. The third kappa shape index (κ3) is 4.40. The Labute approximate surface area is 143 Å². The van der Waals surface area contributed by atoms with Crippen LogP contribution in [0.3, 0.4) is 0 Å². The molecule has 0 saturated carbocycles. The van der Waals surface area contributed by atoms with Gasteiger partial charge < -0.3 is 19.9 Å². The number of nitrogens with one attached hydrogen (secondary N) is 1. The van der Waals surface area contributed by atoms with Gasteiger partial charge in [-0.15, -0.1) is 0 Å². The summed E-state index contributed by atoms with van der Waals surface area (Å²) < 4.78 is 5.01. The summed E-state index contributed by atoms with van der Waals surface area (Å²) in [5, 5.41) is 3.07. The van der Waals surface area contributed by atoms with Crippen molar-refractivity contribution in [3.63, 3.8) is 0 Å². The molecule has 6 nitrogen and oxygen atoms in total. The zero-order valence-corrected chi connectivity index (χ0v) is 15.0. The Hall–Kier alpha value is -2.24. The first-order chi connectivity index (χ1) is 11.4. The van der Waals surface area contributed by atoms with E-state index in [0.29, 0.717) is 25.3 Å². The van der Waals surface area contributed by atoms with Crippen molar-refractivity contribution >= 4 is 17.7 Å². The molecule has 1 saturated heterocycles. The number of hydrogen-bond acceptors (Lipinski definition) is 4. The van der Waals surface area contributed by atoms with Crippen LogP contribution in [0.5, 0.6) is 0 Å². The lowest BCUT2D eigenvalue weighted by molar-refractivity contribution is 0.0860. The van der Waals surface area contributed by atoms with Crippen LogP contribution in [0.1, 0.15) is 35.7 Å². The van der Waals surface area contributed by atoms with E-state index >= 15 is 0 Å². The second-order valence-corrected chi connectivity index (χ2v) is 6.33. The molecule has 0 bridgehead atoms. The zero-order valence-electron chi connectivity index (χ0n) is 15.0. The van der Waals surface area contributed by atoms with E-state index in [0.717, 1.165) is 24.1 Å². The van der Waals surface area contributed by atoms with E-state index in [4.69, 9.17) is 4.74 Å². The second kappa shape index (κ2) is 8.04. The number of likely N-dealkylation sites (tertiary alicyclic amines) is 1. The van der Waals surface area contributed by atoms with E-state index in [9.17, 15) is 9.59 Å². The molecule has 2 rings (SSSR count). The van der Waals surface area contributed by atoms with Crippen molar-refractivity contribution in [3.8, 4) is 0 Å². The lowest BCUT2D eigenvalue weighted by atomic mass is 10.0. The van der Waals surface area contributed by atoms with E-state index in [1.807, 2.05) is 44.1 Å². The molecule has 1 aliphatic heterocycles. The molecular formula is C18H27N3O3. The van der Waals surface area contributed by atoms with Crippen molar-refractivity contribution in [2.45, 2.75) is 32.7 Å². The molecule has 6 heteroatoms. The fraction of sp³-hybridized carbons (Fsp3) is 0.556. The molecule has 2 amide bonds. The maximum atomic E-state index is 12.4. The van der Waals surface area contributed by atoms with Crippen LogP contribution in [-0.4, -0.2) is 56.7 Å². The SMILES string of the molecule is CCOC(=O)N1CCC(NC(=O)c2ccc(N(C)C)c(C)c2)CC1. The predicted octanol–water partition coefficient (Wildman–Crippen LogP) is 2.41. The fourth-order valence-corrected chi connectivity index (χ4v) is 2.99. The molecule has 132 valence electrons. The van der Waals surface area contributed by atoms with Crippen molar-refractivity contribution in [2.75, 3.05) is 38.7 Å². The van der Waals surface area contributed by atoms with Gasteiger partial charge in [-0.2, -0.15) is 0 Å². The second-order valence-electron chi connectivity index (χ2n) is 6.33. The highest BCUT2D eigenvalue weighted by Crippen LogP contribution is 2.19. The predicted molar refractivity (Wildman–Crippen MR) is 94.6 cm³/mol. The topological polar surface area (TPSA) is 61.9 Å². The molecular weight excluding hydrogens is 306 g/mol. The Kier molecular flexibility index (Phi) is 6.06. The number of amides is 2. The third-order valence-corrected chi connectivity index (χ3v) is 4.30. The number of carbonyl (C=O) groups is 2. The molecule has 1 fully saturated rings. The molecule has 24 heavy (non-hydrogen) atoms. The van der Waals surface area contributed by atoms with Crippen molar-refractivity contribution in [2.24, 2.45) is 0 Å². The first-order valence-corrected chi connectivity index (χ1v) is 8.43. The molecule has 1 heterocycles. The van der Waals surface area contributed by atoms with Crippen LogP contribution in [0.25, 0.3) is 0 Å². The molecule has 1 aromatic rings. The van der Waals surface area contributed by atoms with E-state index in [1.54, 1.807) is 11.8 Å². The quantitative estimate of drug-likeness (QED) is 0.919. The van der Waals surface area contributed by atoms with Gasteiger partial charge in [0.1, 0.15) is 0 Å². The number of hydrogen-bond donors (Lipinski definition) is 1. The molecule has 1 aliphatic rings. The molecule has 0 atom stereocenters. The molecule has 1 N–H and O–H groups in total. The minimum atomic E-state index is -0.267. The highest BCUT2D eigenvalue weighted by Gasteiger charge is 2.24. The van der Waals surface area contributed by atoms with Crippen LogP contribution in [0.15, 0.2) is 18.2 Å². The number of piperidine rings is 1. The van der Waals surface area contributed by atoms with Crippen LogP contribution in [-0.2, 0) is 4.74 Å². The molecule has 0 spiro atoms. The third-order valence-electron chi connectivity index (χ3n) is 4.30. The zero-order chi connectivity index (χ0) is 17.7. The normalized spacial score (nSPS) is 15.1. The Morgan fingerprint density at radius 2 is 1.96 bits per heavy atom. The first-order valence-electron chi connectivity index (χ1n) is 8.43. The number of aryl methyl sites for hydroxylation is 1. The van der Waals surface area contributed by atoms with E-state index in [-0.39, 0.29) is 18.0 Å². The van der Waals surface area contributed by atoms with Crippen molar-refractivity contribution in [1.29, 1.82) is 0 Å². The average molecular weight is 333 g/mol. The summed E-state index contributed by atoms with van der Waals surface area (Å²) in [6, 6.07) is 5.83. The monoisotopic (exact) mass is 333 g/mol. The molecule has 0 radical (unpaired) electrons. The Morgan fingerprint density at radius 1 is 1.29 bits per heavy atom. The molecule has 0 unspecified atom stereocenters. The van der Waals surface area contributed by atoms with Gasteiger partial charge in [0.15, 0.2) is 0 Å². The van der Waals surface area contributed by atoms with Crippen LogP contribution in [0, 0.1) is 6.92 Å². The Morgan fingerprint density at radius 3 is 2.50 bits per heavy atom. The van der Waals surface area contributed by atoms with E-state index in [1.165, 1.54) is 0 Å². The van der Waals surface area contributed by atoms with Crippen LogP contribution in [0.2, 0.25) is 0 Å². The lowest BCUT2D eigenvalue weighted by Gasteiger charge is -2.31. The number of ether oxygens (including phenoxy) is 1. The lowest BCUT2D eigenvalue weighted by Crippen LogP contribution is -2.46. The smallest absolute Gasteiger partial charge is 0.409 e. The largest absolute Gasteiger partial charge is 0.450 e. The van der Waals surface area contributed by atoms with Gasteiger partial charge in [-0.1, -0.05) is 0 Å². The standard InChI is InChI=1S/C18H27N3O3/c1-5-24-18(23)21-10-8-15(9-11-21)19-17(22)14-6-7-16(20(3)4)13(2)12-14/h6-7,12,15H,5,8-11H2,1-4H3,(H,19,22). The maximum absolute atomic E-state index is 12.4. The van der Waals surface area contributed by atoms with Gasteiger partial charge in [0.2, 0.25) is 0 Å². The van der Waals surface area contributed by atoms with Gasteiger partial charge >= 0.3 is 6.09 Å². The van der Waals surface area contributed by atoms with Gasteiger partial charge in [-0.3, -0.25) is 4.79 Å². The van der Waals surface area contributed by atoms with E-state index < -0.39 is 0 Å². The van der Waals surface area contributed by atoms with Gasteiger partial charge in [0.25, 0.3) is 5.91 Å². The minimum Gasteiger partial charge on any atom is -0.450 e. The number of nitrogens with zero attached hydrogens (tertiary/aromatic N) is 2. The molecule has 0 aliphatic carbocycles. The van der Waals surface area contributed by atoms with Crippen LogP contribution < -0.4 is 10.2 Å². The van der Waals surface area contributed by atoms with Crippen molar-refractivity contribution in [3.05, 3.63) is 29.3 Å². The highest BCUT2D eigenvalue weighted by molar-refractivity contribution is 5.95. The first kappa shape index (κ1) is 18.1. The van der Waals surface area contributed by atoms with Gasteiger partial charge in [-0.05, 0) is 50.5 Å². The summed E-state index contributed by atoms with van der Waals surface area (Å²) in [4.78, 5) is 27.8. The summed E-state index contributed by atoms with van der Waals surface area (Å²) in [5.74, 6) is -0.0574. The maximum Gasteiger partial charge on any atom is 0.409 e. The number of rotatable bonds is 4. The van der Waals surface area contributed by atoms with Crippen LogP contribution >= 0.6 is 0 Å². The summed E-state index contributed by atoms with van der Waals surface area (Å²) in [7, 11) is 3.97. The summed E-state index contributed by atoms with van der Waals surface area (Å²) in [6.07, 6.45) is 1.23. The summed E-state index contributed by atoms with van der Waals surface area (Å²) >= 11 is 0. The number of anilines is 1. The van der Waals surface area contributed by atoms with Crippen molar-refractivity contribution in [1.82, 2.24) is 10.2 Å². The fourth-order valence-electron chi connectivity index (χ4n) is 2.99. The van der Waals surface area contributed by atoms with Crippen LogP contribution in [0.4, 0.5) is 10.5 Å².